The van der Waals surface area contributed by atoms with E-state index in [0.29, 0.717) is 0 Å². The van der Waals surface area contributed by atoms with E-state index in [1.807, 2.05) is 0 Å². The summed E-state index contributed by atoms with van der Waals surface area (Å²) < 4.78 is 0. The minimum atomic E-state index is -2.42. The van der Waals surface area contributed by atoms with Crippen LogP contribution < -0.4 is 20.4 Å². The molecule has 0 spiro atoms. The van der Waals surface area contributed by atoms with Crippen molar-refractivity contribution in [1.29, 1.82) is 0 Å². The molecule has 1 heterocycles. The van der Waals surface area contributed by atoms with E-state index in [0.717, 1.165) is 19.5 Å². The normalized spacial score (nSPS) is 25.2. The Labute approximate surface area is 61.6 Å². The molecule has 0 saturated carbocycles. The quantitative estimate of drug-likeness (QED) is 0.450. The molecule has 0 aliphatic carbocycles. The third kappa shape index (κ3) is 1.65. The first-order chi connectivity index (χ1) is 4.65. The first kappa shape index (κ1) is 8.37. The minimum absolute atomic E-state index is 0.771. The number of nitrogens with one attached hydrogen (secondary N) is 2. The van der Waals surface area contributed by atoms with Crippen LogP contribution in [-0.4, -0.2) is 18.5 Å². The van der Waals surface area contributed by atoms with Gasteiger partial charge in [0.05, 0.1) is 5.40 Å². The van der Waals surface area contributed by atoms with Crippen LogP contribution in [0.3, 0.4) is 0 Å². The summed E-state index contributed by atoms with van der Waals surface area (Å²) in [6.07, 6.45) is 0.985. The Kier molecular flexibility index (Phi) is 2.61. The van der Waals surface area contributed by atoms with Gasteiger partial charge in [0, 0.05) is 0 Å². The van der Waals surface area contributed by atoms with Crippen molar-refractivity contribution in [3.63, 3.8) is 0 Å². The molecule has 1 aliphatic heterocycles. The highest BCUT2D eigenvalue weighted by Crippen LogP contribution is 2.29. The smallest absolute Gasteiger partial charge is 0.0552 e. The van der Waals surface area contributed by atoms with Gasteiger partial charge in [0.1, 0.15) is 0 Å². The molecule has 60 valence electrons. The summed E-state index contributed by atoms with van der Waals surface area (Å²) in [7, 11) is -2.42. The van der Waals surface area contributed by atoms with Gasteiger partial charge in [0.15, 0.2) is 0 Å². The molecule has 1 aliphatic rings. The maximum atomic E-state index is 10.6. The second-order valence-corrected chi connectivity index (χ2v) is 3.95. The summed E-state index contributed by atoms with van der Waals surface area (Å²) in [6, 6.07) is 0. The van der Waals surface area contributed by atoms with Gasteiger partial charge in [-0.25, -0.2) is 0 Å². The van der Waals surface area contributed by atoms with Crippen LogP contribution in [0.15, 0.2) is 0 Å². The van der Waals surface area contributed by atoms with Crippen molar-refractivity contribution >= 4 is 8.38 Å². The van der Waals surface area contributed by atoms with Gasteiger partial charge in [-0.05, 0) is 26.4 Å². The summed E-state index contributed by atoms with van der Waals surface area (Å²) in [6.45, 7) is 3.18. The highest BCUT2D eigenvalue weighted by molar-refractivity contribution is 7.43. The molecule has 4 nitrogen and oxygen atoms in total. The Balaban J connectivity index is 2.48. The molecule has 2 N–H and O–H groups in total. The standard InChI is InChI=1S/C5H11N2O2P/c1-5(10(8)9)6-3-2-4-7-5/h6-7H,2-4H2,1H3/q-2. The van der Waals surface area contributed by atoms with Crippen molar-refractivity contribution in [1.82, 2.24) is 10.6 Å². The van der Waals surface area contributed by atoms with E-state index in [9.17, 15) is 9.79 Å². The highest BCUT2D eigenvalue weighted by atomic mass is 31.2. The maximum absolute atomic E-state index is 10.6. The van der Waals surface area contributed by atoms with Crippen molar-refractivity contribution in [2.45, 2.75) is 18.7 Å². The first-order valence-electron chi connectivity index (χ1n) is 3.30. The lowest BCUT2D eigenvalue weighted by atomic mass is 10.3. The zero-order valence-electron chi connectivity index (χ0n) is 5.89. The van der Waals surface area contributed by atoms with E-state index < -0.39 is 13.8 Å². The molecule has 0 aromatic heterocycles. The Morgan fingerprint density at radius 3 is 2.10 bits per heavy atom. The molecule has 0 atom stereocenters. The average Bonchev–Trinajstić information content (AvgIpc) is 1.89. The van der Waals surface area contributed by atoms with Crippen LogP contribution in [0.1, 0.15) is 13.3 Å². The fraction of sp³-hybridized carbons (Fsp3) is 1.00. The third-order valence-corrected chi connectivity index (χ3v) is 2.70. The van der Waals surface area contributed by atoms with Gasteiger partial charge in [0.25, 0.3) is 0 Å². The van der Waals surface area contributed by atoms with E-state index in [-0.39, 0.29) is 0 Å². The van der Waals surface area contributed by atoms with Gasteiger partial charge in [0.2, 0.25) is 0 Å². The van der Waals surface area contributed by atoms with Crippen molar-refractivity contribution < 1.29 is 9.79 Å². The SMILES string of the molecule is CC1(P([O-])[O-])NCCCN1. The molecular formula is C5H11N2O2P-2. The average molecular weight is 162 g/mol. The lowest BCUT2D eigenvalue weighted by Crippen LogP contribution is -2.60. The van der Waals surface area contributed by atoms with Crippen molar-refractivity contribution in [3.8, 4) is 0 Å². The zero-order valence-corrected chi connectivity index (χ0v) is 6.78. The summed E-state index contributed by atoms with van der Waals surface area (Å²) in [5, 5.41) is 4.91. The Morgan fingerprint density at radius 2 is 1.80 bits per heavy atom. The predicted molar refractivity (Wildman–Crippen MR) is 35.9 cm³/mol. The van der Waals surface area contributed by atoms with Crippen LogP contribution in [0.2, 0.25) is 0 Å². The predicted octanol–water partition coefficient (Wildman–Crippen LogP) is -1.72. The van der Waals surface area contributed by atoms with E-state index >= 15 is 0 Å². The Morgan fingerprint density at radius 1 is 1.30 bits per heavy atom. The molecule has 1 rings (SSSR count). The molecule has 10 heavy (non-hydrogen) atoms. The molecule has 0 aromatic carbocycles. The van der Waals surface area contributed by atoms with Crippen LogP contribution >= 0.6 is 8.38 Å². The molecule has 1 saturated heterocycles. The Hall–Kier alpha value is 0.270. The number of hydrogen-bond donors (Lipinski definition) is 2. The second kappa shape index (κ2) is 3.11. The lowest BCUT2D eigenvalue weighted by molar-refractivity contribution is -0.301. The Bertz CT molecular complexity index is 114. The molecule has 0 aromatic rings. The topological polar surface area (TPSA) is 70.2 Å². The van der Waals surface area contributed by atoms with Gasteiger partial charge in [-0.15, -0.1) is 0 Å². The van der Waals surface area contributed by atoms with E-state index in [1.165, 1.54) is 0 Å². The molecule has 0 bridgehead atoms. The summed E-state index contributed by atoms with van der Waals surface area (Å²) in [5.74, 6) is 0. The fourth-order valence-corrected chi connectivity index (χ4v) is 1.43. The van der Waals surface area contributed by atoms with Crippen molar-refractivity contribution in [3.05, 3.63) is 0 Å². The molecule has 1 fully saturated rings. The number of rotatable bonds is 1. The maximum Gasteiger partial charge on any atom is 0.0552 e. The van der Waals surface area contributed by atoms with Crippen LogP contribution in [0.4, 0.5) is 0 Å². The first-order valence-corrected chi connectivity index (χ1v) is 4.47. The van der Waals surface area contributed by atoms with E-state index in [4.69, 9.17) is 0 Å². The molecule has 0 radical (unpaired) electrons. The summed E-state index contributed by atoms with van der Waals surface area (Å²) in [4.78, 5) is 21.2. The molecule has 5 heteroatoms. The van der Waals surface area contributed by atoms with Gasteiger partial charge in [-0.1, -0.05) is 0 Å². The highest BCUT2D eigenvalue weighted by Gasteiger charge is 2.21. The third-order valence-electron chi connectivity index (χ3n) is 1.66. The molecule has 0 amide bonds. The lowest BCUT2D eigenvalue weighted by Gasteiger charge is -2.52. The fourth-order valence-electron chi connectivity index (χ4n) is 0.944. The monoisotopic (exact) mass is 162 g/mol. The van der Waals surface area contributed by atoms with Gasteiger partial charge < -0.3 is 9.79 Å². The van der Waals surface area contributed by atoms with Crippen LogP contribution in [-0.2, 0) is 0 Å². The van der Waals surface area contributed by atoms with Gasteiger partial charge in [-0.2, -0.15) is 0 Å². The van der Waals surface area contributed by atoms with Crippen LogP contribution in [0.25, 0.3) is 0 Å². The van der Waals surface area contributed by atoms with Crippen molar-refractivity contribution in [2.75, 3.05) is 13.1 Å². The van der Waals surface area contributed by atoms with Crippen molar-refractivity contribution in [2.24, 2.45) is 0 Å². The van der Waals surface area contributed by atoms with Gasteiger partial charge in [-0.3, -0.25) is 19.0 Å². The minimum Gasteiger partial charge on any atom is -0.839 e. The van der Waals surface area contributed by atoms with Gasteiger partial charge >= 0.3 is 0 Å². The van der Waals surface area contributed by atoms with Crippen LogP contribution in [0, 0.1) is 0 Å². The summed E-state index contributed by atoms with van der Waals surface area (Å²) in [5.41, 5.74) is 0. The van der Waals surface area contributed by atoms with E-state index in [2.05, 4.69) is 10.6 Å². The summed E-state index contributed by atoms with van der Waals surface area (Å²) >= 11 is 0. The number of hydrogen-bond acceptors (Lipinski definition) is 4. The molecular weight excluding hydrogens is 151 g/mol. The molecule has 0 unspecified atom stereocenters. The van der Waals surface area contributed by atoms with E-state index in [1.54, 1.807) is 6.92 Å². The largest absolute Gasteiger partial charge is 0.839 e. The van der Waals surface area contributed by atoms with Crippen LogP contribution in [0.5, 0.6) is 0 Å². The second-order valence-electron chi connectivity index (χ2n) is 2.54. The zero-order chi connectivity index (χ0) is 7.61.